The van der Waals surface area contributed by atoms with Gasteiger partial charge >= 0.3 is 0 Å². The zero-order chi connectivity index (χ0) is 15.8. The third-order valence-electron chi connectivity index (χ3n) is 5.11. The van der Waals surface area contributed by atoms with Crippen molar-refractivity contribution in [2.75, 3.05) is 46.3 Å². The molecule has 5 heteroatoms. The molecule has 0 radical (unpaired) electrons. The zero-order valence-corrected chi connectivity index (χ0v) is 13.7. The van der Waals surface area contributed by atoms with Crippen LogP contribution in [0.2, 0.25) is 0 Å². The summed E-state index contributed by atoms with van der Waals surface area (Å²) in [6.45, 7) is 7.32. The fraction of sp³-hybridized carbons (Fsp3) is 0.500. The minimum Gasteiger partial charge on any atom is -0.333 e. The summed E-state index contributed by atoms with van der Waals surface area (Å²) in [4.78, 5) is 19.6. The average molecular weight is 312 g/mol. The van der Waals surface area contributed by atoms with Crippen LogP contribution >= 0.6 is 0 Å². The maximum atomic E-state index is 12.7. The molecule has 0 saturated carbocycles. The van der Waals surface area contributed by atoms with Crippen LogP contribution in [0.15, 0.2) is 30.5 Å². The second kappa shape index (κ2) is 5.98. The van der Waals surface area contributed by atoms with Gasteiger partial charge in [0.15, 0.2) is 0 Å². The monoisotopic (exact) mass is 312 g/mol. The van der Waals surface area contributed by atoms with Gasteiger partial charge < -0.3 is 19.1 Å². The number of hydrogen-bond donors (Lipinski definition) is 0. The number of rotatable bonds is 4. The number of aromatic nitrogens is 1. The van der Waals surface area contributed by atoms with Crippen molar-refractivity contribution in [2.45, 2.75) is 13.0 Å². The first kappa shape index (κ1) is 14.7. The lowest BCUT2D eigenvalue weighted by Crippen LogP contribution is -2.45. The Labute approximate surface area is 137 Å². The predicted octanol–water partition coefficient (Wildman–Crippen LogP) is 1.53. The first-order valence-corrected chi connectivity index (χ1v) is 8.51. The summed E-state index contributed by atoms with van der Waals surface area (Å²) in [5.74, 6) is 0.185. The number of pyridine rings is 1. The Morgan fingerprint density at radius 2 is 1.91 bits per heavy atom. The van der Waals surface area contributed by atoms with Gasteiger partial charge in [0.2, 0.25) is 0 Å². The Hall–Kier alpha value is -1.85. The number of hydrogen-bond acceptors (Lipinski definition) is 3. The van der Waals surface area contributed by atoms with Crippen LogP contribution in [-0.4, -0.2) is 71.3 Å². The molecule has 122 valence electrons. The largest absolute Gasteiger partial charge is 0.333 e. The summed E-state index contributed by atoms with van der Waals surface area (Å²) in [6, 6.07) is 8.20. The predicted molar refractivity (Wildman–Crippen MR) is 90.7 cm³/mol. The Kier molecular flexibility index (Phi) is 3.83. The Morgan fingerprint density at radius 3 is 2.74 bits per heavy atom. The molecular formula is C18H24N4O. The van der Waals surface area contributed by atoms with Crippen LogP contribution in [0.25, 0.3) is 5.52 Å². The highest BCUT2D eigenvalue weighted by atomic mass is 16.2. The quantitative estimate of drug-likeness (QED) is 0.858. The second-order valence-electron chi connectivity index (χ2n) is 6.74. The van der Waals surface area contributed by atoms with Gasteiger partial charge in [-0.15, -0.1) is 0 Å². The van der Waals surface area contributed by atoms with Crippen molar-refractivity contribution < 1.29 is 4.79 Å². The number of carbonyl (C=O) groups is 1. The van der Waals surface area contributed by atoms with Gasteiger partial charge in [-0.2, -0.15) is 0 Å². The van der Waals surface area contributed by atoms with E-state index < -0.39 is 0 Å². The molecule has 4 rings (SSSR count). The molecule has 0 atom stereocenters. The lowest BCUT2D eigenvalue weighted by molar-refractivity contribution is 0.0759. The number of amides is 1. The highest BCUT2D eigenvalue weighted by molar-refractivity contribution is 5.98. The first-order valence-electron chi connectivity index (χ1n) is 8.51. The molecule has 0 unspecified atom stereocenters. The average Bonchev–Trinajstić information content (AvgIpc) is 3.06. The van der Waals surface area contributed by atoms with Gasteiger partial charge in [-0.05, 0) is 38.2 Å². The maximum absolute atomic E-state index is 12.7. The molecule has 5 nitrogen and oxygen atoms in total. The van der Waals surface area contributed by atoms with Crippen molar-refractivity contribution in [1.82, 2.24) is 19.1 Å². The number of fused-ring (bicyclic) bond motifs is 3. The Balaban J connectivity index is 1.35. The smallest absolute Gasteiger partial charge is 0.271 e. The van der Waals surface area contributed by atoms with E-state index in [4.69, 9.17) is 0 Å². The number of likely N-dealkylation sites (N-methyl/N-ethyl adjacent to an activating group) is 1. The van der Waals surface area contributed by atoms with Crippen LogP contribution < -0.4 is 0 Å². The van der Waals surface area contributed by atoms with Gasteiger partial charge in [0.05, 0.1) is 0 Å². The number of nitrogens with zero attached hydrogens (tertiary/aromatic N) is 4. The van der Waals surface area contributed by atoms with Crippen LogP contribution in [0.3, 0.4) is 0 Å². The second-order valence-corrected chi connectivity index (χ2v) is 6.74. The highest BCUT2D eigenvalue weighted by Gasteiger charge is 2.30. The van der Waals surface area contributed by atoms with Gasteiger partial charge in [-0.3, -0.25) is 4.79 Å². The molecule has 2 aliphatic heterocycles. The molecule has 1 saturated heterocycles. The lowest BCUT2D eigenvalue weighted by Gasteiger charge is -2.32. The summed E-state index contributed by atoms with van der Waals surface area (Å²) in [5, 5.41) is 0. The van der Waals surface area contributed by atoms with Crippen molar-refractivity contribution in [3.05, 3.63) is 41.7 Å². The fourth-order valence-corrected chi connectivity index (χ4v) is 3.70. The summed E-state index contributed by atoms with van der Waals surface area (Å²) in [7, 11) is 2.18. The van der Waals surface area contributed by atoms with E-state index in [1.54, 1.807) is 0 Å². The molecule has 0 bridgehead atoms. The lowest BCUT2D eigenvalue weighted by atomic mass is 10.3. The summed E-state index contributed by atoms with van der Waals surface area (Å²) in [5.41, 5.74) is 3.14. The van der Waals surface area contributed by atoms with Crippen molar-refractivity contribution >= 4 is 11.4 Å². The highest BCUT2D eigenvalue weighted by Crippen LogP contribution is 2.26. The SMILES string of the molecule is CN1CCN(CCCN2Cc3cc4ccccn4c3C2=O)CC1. The van der Waals surface area contributed by atoms with Gasteiger partial charge in [-0.1, -0.05) is 6.07 Å². The van der Waals surface area contributed by atoms with E-state index in [2.05, 4.69) is 29.0 Å². The van der Waals surface area contributed by atoms with Gasteiger partial charge in [-0.25, -0.2) is 0 Å². The molecule has 0 N–H and O–H groups in total. The number of piperazine rings is 1. The molecule has 1 fully saturated rings. The fourth-order valence-electron chi connectivity index (χ4n) is 3.70. The van der Waals surface area contributed by atoms with E-state index in [-0.39, 0.29) is 5.91 Å². The van der Waals surface area contributed by atoms with Crippen LogP contribution in [0.1, 0.15) is 22.5 Å². The van der Waals surface area contributed by atoms with Crippen LogP contribution in [0.5, 0.6) is 0 Å². The van der Waals surface area contributed by atoms with Crippen LogP contribution in [0.4, 0.5) is 0 Å². The summed E-state index contributed by atoms with van der Waals surface area (Å²) < 4.78 is 2.03. The first-order chi connectivity index (χ1) is 11.2. The minimum atomic E-state index is 0.185. The van der Waals surface area contributed by atoms with E-state index in [0.717, 1.165) is 63.4 Å². The normalized spacial score (nSPS) is 19.7. The molecule has 4 heterocycles. The van der Waals surface area contributed by atoms with E-state index in [9.17, 15) is 4.79 Å². The third-order valence-corrected chi connectivity index (χ3v) is 5.11. The van der Waals surface area contributed by atoms with Gasteiger partial charge in [0.25, 0.3) is 5.91 Å². The molecule has 2 aromatic heterocycles. The molecule has 2 aliphatic rings. The van der Waals surface area contributed by atoms with Crippen molar-refractivity contribution in [3.8, 4) is 0 Å². The van der Waals surface area contributed by atoms with Crippen molar-refractivity contribution in [3.63, 3.8) is 0 Å². The molecule has 1 amide bonds. The van der Waals surface area contributed by atoms with E-state index in [0.29, 0.717) is 0 Å². The van der Waals surface area contributed by atoms with E-state index in [1.807, 2.05) is 27.6 Å². The Bertz CT molecular complexity index is 715. The van der Waals surface area contributed by atoms with E-state index >= 15 is 0 Å². The van der Waals surface area contributed by atoms with E-state index in [1.165, 1.54) is 5.56 Å². The summed E-state index contributed by atoms with van der Waals surface area (Å²) in [6.07, 6.45) is 3.04. The van der Waals surface area contributed by atoms with Crippen LogP contribution in [-0.2, 0) is 6.54 Å². The summed E-state index contributed by atoms with van der Waals surface area (Å²) >= 11 is 0. The minimum absolute atomic E-state index is 0.185. The van der Waals surface area contributed by atoms with Crippen LogP contribution in [0, 0.1) is 0 Å². The zero-order valence-electron chi connectivity index (χ0n) is 13.7. The maximum Gasteiger partial charge on any atom is 0.271 e. The molecular weight excluding hydrogens is 288 g/mol. The molecule has 0 aromatic carbocycles. The molecule has 23 heavy (non-hydrogen) atoms. The molecule has 0 spiro atoms. The van der Waals surface area contributed by atoms with Gasteiger partial charge in [0.1, 0.15) is 5.69 Å². The third kappa shape index (κ3) is 2.75. The topological polar surface area (TPSA) is 31.2 Å². The molecule has 0 aliphatic carbocycles. The van der Waals surface area contributed by atoms with Gasteiger partial charge in [0, 0.05) is 56.5 Å². The standard InChI is InChI=1S/C18H24N4O/c1-19-9-11-20(12-10-19)6-4-7-21-14-15-13-16-5-2-3-8-22(16)17(15)18(21)23/h2-3,5,8,13H,4,6-7,9-12,14H2,1H3. The van der Waals surface area contributed by atoms with Crippen molar-refractivity contribution in [1.29, 1.82) is 0 Å². The van der Waals surface area contributed by atoms with Crippen molar-refractivity contribution in [2.24, 2.45) is 0 Å². The Morgan fingerprint density at radius 1 is 1.09 bits per heavy atom. The molecule has 2 aromatic rings. The number of carbonyl (C=O) groups excluding carboxylic acids is 1.